The zero-order valence-corrected chi connectivity index (χ0v) is 13.8. The number of sulfonamides is 1. The van der Waals surface area contributed by atoms with Crippen LogP contribution < -0.4 is 4.72 Å². The lowest BCUT2D eigenvalue weighted by Crippen LogP contribution is -2.29. The largest absolute Gasteiger partial charge is 0.478 e. The number of carboxylic acids is 1. The van der Waals surface area contributed by atoms with E-state index in [4.69, 9.17) is 5.11 Å². The van der Waals surface area contributed by atoms with Crippen molar-refractivity contribution in [3.05, 3.63) is 65.2 Å². The van der Waals surface area contributed by atoms with Crippen LogP contribution in [0.15, 0.2) is 53.4 Å². The van der Waals surface area contributed by atoms with Crippen LogP contribution in [0.5, 0.6) is 0 Å². The van der Waals surface area contributed by atoms with Crippen molar-refractivity contribution in [1.82, 2.24) is 4.72 Å². The fourth-order valence-corrected chi connectivity index (χ4v) is 3.94. The summed E-state index contributed by atoms with van der Waals surface area (Å²) in [7, 11) is -3.74. The van der Waals surface area contributed by atoms with Gasteiger partial charge in [0.15, 0.2) is 0 Å². The maximum absolute atomic E-state index is 12.6. The van der Waals surface area contributed by atoms with E-state index in [-0.39, 0.29) is 16.5 Å². The number of benzene rings is 2. The van der Waals surface area contributed by atoms with E-state index in [1.165, 1.54) is 18.2 Å². The third-order valence-corrected chi connectivity index (χ3v) is 5.25. The smallest absolute Gasteiger partial charge is 0.335 e. The number of carboxylic acid groups (broad SMARTS) is 1. The van der Waals surface area contributed by atoms with Crippen molar-refractivity contribution in [3.8, 4) is 0 Å². The zero-order chi connectivity index (χ0) is 17.0. The standard InChI is InChI=1S/C17H19NO4S/c1-3-15(13-7-5-4-6-8-13)18-23(21,22)16-10-9-14(17(19)20)11-12(16)2/h4-11,15,18H,3H2,1-2H3,(H,19,20). The van der Waals surface area contributed by atoms with E-state index in [0.29, 0.717) is 12.0 Å². The molecule has 0 spiro atoms. The molecule has 0 radical (unpaired) electrons. The molecule has 0 aliphatic rings. The Balaban J connectivity index is 2.33. The van der Waals surface area contributed by atoms with E-state index in [0.717, 1.165) is 5.56 Å². The van der Waals surface area contributed by atoms with Crippen LogP contribution in [-0.2, 0) is 10.0 Å². The minimum Gasteiger partial charge on any atom is -0.478 e. The highest BCUT2D eigenvalue weighted by atomic mass is 32.2. The van der Waals surface area contributed by atoms with Crippen LogP contribution in [0.25, 0.3) is 0 Å². The molecule has 0 amide bonds. The van der Waals surface area contributed by atoms with Crippen molar-refractivity contribution < 1.29 is 18.3 Å². The van der Waals surface area contributed by atoms with Crippen molar-refractivity contribution in [2.45, 2.75) is 31.2 Å². The number of nitrogens with one attached hydrogen (secondary N) is 1. The van der Waals surface area contributed by atoms with Gasteiger partial charge in [-0.05, 0) is 42.7 Å². The molecule has 23 heavy (non-hydrogen) atoms. The minimum atomic E-state index is -3.74. The Morgan fingerprint density at radius 2 is 1.83 bits per heavy atom. The lowest BCUT2D eigenvalue weighted by atomic mass is 10.1. The molecule has 5 nitrogen and oxygen atoms in total. The lowest BCUT2D eigenvalue weighted by molar-refractivity contribution is 0.0696. The third-order valence-electron chi connectivity index (χ3n) is 3.62. The van der Waals surface area contributed by atoms with Gasteiger partial charge in [0, 0.05) is 6.04 Å². The monoisotopic (exact) mass is 333 g/mol. The van der Waals surface area contributed by atoms with Crippen molar-refractivity contribution in [3.63, 3.8) is 0 Å². The molecule has 0 aromatic heterocycles. The van der Waals surface area contributed by atoms with Gasteiger partial charge in [0.2, 0.25) is 10.0 Å². The molecular formula is C17H19NO4S. The topological polar surface area (TPSA) is 83.5 Å². The van der Waals surface area contributed by atoms with E-state index in [1.807, 2.05) is 37.3 Å². The predicted molar refractivity (Wildman–Crippen MR) is 87.9 cm³/mol. The Hall–Kier alpha value is -2.18. The van der Waals surface area contributed by atoms with Gasteiger partial charge < -0.3 is 5.11 Å². The number of aryl methyl sites for hydroxylation is 1. The molecule has 122 valence electrons. The number of aromatic carboxylic acids is 1. The molecule has 2 aromatic rings. The molecule has 0 saturated carbocycles. The highest BCUT2D eigenvalue weighted by Gasteiger charge is 2.22. The zero-order valence-electron chi connectivity index (χ0n) is 13.0. The van der Waals surface area contributed by atoms with Crippen molar-refractivity contribution >= 4 is 16.0 Å². The van der Waals surface area contributed by atoms with Gasteiger partial charge in [-0.1, -0.05) is 37.3 Å². The molecule has 0 saturated heterocycles. The summed E-state index contributed by atoms with van der Waals surface area (Å²) in [5, 5.41) is 8.97. The van der Waals surface area contributed by atoms with Crippen LogP contribution in [0, 0.1) is 6.92 Å². The van der Waals surface area contributed by atoms with E-state index in [9.17, 15) is 13.2 Å². The van der Waals surface area contributed by atoms with Gasteiger partial charge in [-0.25, -0.2) is 17.9 Å². The first-order chi connectivity index (χ1) is 10.8. The summed E-state index contributed by atoms with van der Waals surface area (Å²) < 4.78 is 27.9. The van der Waals surface area contributed by atoms with Gasteiger partial charge >= 0.3 is 5.97 Å². The predicted octanol–water partition coefficient (Wildman–Crippen LogP) is 3.12. The Morgan fingerprint density at radius 3 is 2.35 bits per heavy atom. The van der Waals surface area contributed by atoms with Gasteiger partial charge in [0.25, 0.3) is 0 Å². The van der Waals surface area contributed by atoms with E-state index >= 15 is 0 Å². The molecule has 6 heteroatoms. The summed E-state index contributed by atoms with van der Waals surface area (Å²) in [4.78, 5) is 11.1. The quantitative estimate of drug-likeness (QED) is 0.851. The number of hydrogen-bond acceptors (Lipinski definition) is 3. The van der Waals surface area contributed by atoms with Crippen molar-refractivity contribution in [2.24, 2.45) is 0 Å². The molecule has 0 bridgehead atoms. The van der Waals surface area contributed by atoms with Gasteiger partial charge in [-0.3, -0.25) is 0 Å². The summed E-state index contributed by atoms with van der Waals surface area (Å²) in [5.74, 6) is -1.08. The lowest BCUT2D eigenvalue weighted by Gasteiger charge is -2.18. The summed E-state index contributed by atoms with van der Waals surface area (Å²) >= 11 is 0. The Labute approximate surface area is 136 Å². The van der Waals surface area contributed by atoms with Crippen LogP contribution >= 0.6 is 0 Å². The second kappa shape index (κ2) is 6.93. The Kier molecular flexibility index (Phi) is 5.18. The average molecular weight is 333 g/mol. The average Bonchev–Trinajstić information content (AvgIpc) is 2.53. The molecule has 2 aromatic carbocycles. The fraction of sp³-hybridized carbons (Fsp3) is 0.235. The van der Waals surface area contributed by atoms with E-state index in [2.05, 4.69) is 4.72 Å². The van der Waals surface area contributed by atoms with Crippen LogP contribution in [0.4, 0.5) is 0 Å². The van der Waals surface area contributed by atoms with Gasteiger partial charge in [0.05, 0.1) is 10.5 Å². The first-order valence-corrected chi connectivity index (χ1v) is 8.74. The van der Waals surface area contributed by atoms with Gasteiger partial charge in [0.1, 0.15) is 0 Å². The fourth-order valence-electron chi connectivity index (χ4n) is 2.41. The molecule has 2 N–H and O–H groups in total. The third kappa shape index (κ3) is 3.97. The first kappa shape index (κ1) is 17.2. The maximum Gasteiger partial charge on any atom is 0.335 e. The minimum absolute atomic E-state index is 0.0663. The Morgan fingerprint density at radius 1 is 1.17 bits per heavy atom. The van der Waals surface area contributed by atoms with Crippen LogP contribution in [0.3, 0.4) is 0 Å². The molecule has 1 atom stereocenters. The summed E-state index contributed by atoms with van der Waals surface area (Å²) in [6.45, 7) is 3.49. The highest BCUT2D eigenvalue weighted by molar-refractivity contribution is 7.89. The molecule has 2 rings (SSSR count). The van der Waals surface area contributed by atoms with Gasteiger partial charge in [-0.15, -0.1) is 0 Å². The van der Waals surface area contributed by atoms with E-state index < -0.39 is 16.0 Å². The number of hydrogen-bond donors (Lipinski definition) is 2. The second-order valence-corrected chi connectivity index (χ2v) is 6.96. The summed E-state index contributed by atoms with van der Waals surface area (Å²) in [5.41, 5.74) is 1.36. The van der Waals surface area contributed by atoms with E-state index in [1.54, 1.807) is 6.92 Å². The molecule has 0 heterocycles. The number of carbonyl (C=O) groups is 1. The maximum atomic E-state index is 12.6. The Bertz CT molecular complexity index is 801. The van der Waals surface area contributed by atoms with Crippen LogP contribution in [0.1, 0.15) is 40.9 Å². The van der Waals surface area contributed by atoms with Crippen molar-refractivity contribution in [1.29, 1.82) is 0 Å². The SMILES string of the molecule is CCC(NS(=O)(=O)c1ccc(C(=O)O)cc1C)c1ccccc1. The van der Waals surface area contributed by atoms with Gasteiger partial charge in [-0.2, -0.15) is 0 Å². The normalized spacial score (nSPS) is 12.8. The molecule has 1 unspecified atom stereocenters. The van der Waals surface area contributed by atoms with Crippen LogP contribution in [0.2, 0.25) is 0 Å². The molecule has 0 aliphatic carbocycles. The summed E-state index contributed by atoms with van der Waals surface area (Å²) in [6.07, 6.45) is 0.607. The molecule has 0 fully saturated rings. The number of rotatable bonds is 6. The highest BCUT2D eigenvalue weighted by Crippen LogP contribution is 2.22. The second-order valence-electron chi connectivity index (χ2n) is 5.28. The molecule has 0 aliphatic heterocycles. The summed E-state index contributed by atoms with van der Waals surface area (Å²) in [6, 6.07) is 13.0. The van der Waals surface area contributed by atoms with Crippen LogP contribution in [-0.4, -0.2) is 19.5 Å². The first-order valence-electron chi connectivity index (χ1n) is 7.26. The van der Waals surface area contributed by atoms with Crippen molar-refractivity contribution in [2.75, 3.05) is 0 Å². The molecular weight excluding hydrogens is 314 g/mol.